The van der Waals surface area contributed by atoms with E-state index in [0.717, 1.165) is 17.1 Å². The highest BCUT2D eigenvalue weighted by Crippen LogP contribution is 2.22. The highest BCUT2D eigenvalue weighted by molar-refractivity contribution is 7.89. The molecule has 1 N–H and O–H groups in total. The number of hydrogen-bond donors (Lipinski definition) is 1. The Hall–Kier alpha value is -2.23. The normalized spacial score (nSPS) is 16.0. The molecule has 1 aliphatic rings. The van der Waals surface area contributed by atoms with Crippen molar-refractivity contribution in [2.75, 3.05) is 32.6 Å². The molecule has 1 aliphatic heterocycles. The van der Waals surface area contributed by atoms with Gasteiger partial charge in [-0.25, -0.2) is 12.7 Å². The Kier molecular flexibility index (Phi) is 5.40. The fourth-order valence-electron chi connectivity index (χ4n) is 2.74. The molecule has 8 nitrogen and oxygen atoms in total. The van der Waals surface area contributed by atoms with Gasteiger partial charge in [0.05, 0.1) is 22.8 Å². The summed E-state index contributed by atoms with van der Waals surface area (Å²) in [5, 5.41) is 7.10. The highest BCUT2D eigenvalue weighted by Gasteiger charge is 2.19. The van der Waals surface area contributed by atoms with Crippen molar-refractivity contribution < 1.29 is 17.9 Å². The third-order valence-corrected chi connectivity index (χ3v) is 6.15. The maximum absolute atomic E-state index is 12.4. The number of carbonyl (C=O) groups is 1. The summed E-state index contributed by atoms with van der Waals surface area (Å²) in [5.41, 5.74) is 0.980. The number of hydrogen-bond acceptors (Lipinski definition) is 5. The average Bonchev–Trinajstić information content (AvgIpc) is 3.11. The van der Waals surface area contributed by atoms with Crippen LogP contribution in [0.4, 0.5) is 5.69 Å². The van der Waals surface area contributed by atoms with E-state index >= 15 is 0 Å². The summed E-state index contributed by atoms with van der Waals surface area (Å²) in [6.07, 6.45) is 5.21. The minimum absolute atomic E-state index is 0.145. The van der Waals surface area contributed by atoms with E-state index in [1.807, 2.05) is 4.68 Å². The molecule has 1 aromatic carbocycles. The van der Waals surface area contributed by atoms with Gasteiger partial charge in [0.1, 0.15) is 0 Å². The molecule has 0 aliphatic carbocycles. The van der Waals surface area contributed by atoms with Gasteiger partial charge in [0.15, 0.2) is 0 Å². The first-order valence-corrected chi connectivity index (χ1v) is 9.78. The Morgan fingerprint density at radius 1 is 1.23 bits per heavy atom. The summed E-state index contributed by atoms with van der Waals surface area (Å²) in [6.45, 7) is 1.43. The van der Waals surface area contributed by atoms with Crippen LogP contribution in [-0.2, 0) is 14.8 Å². The Morgan fingerprint density at radius 2 is 1.88 bits per heavy atom. The van der Waals surface area contributed by atoms with Crippen LogP contribution >= 0.6 is 0 Å². The summed E-state index contributed by atoms with van der Waals surface area (Å²) in [7, 11) is -0.581. The summed E-state index contributed by atoms with van der Waals surface area (Å²) >= 11 is 0. The minimum atomic E-state index is -3.51. The van der Waals surface area contributed by atoms with Crippen LogP contribution in [0.5, 0.6) is 0 Å². The topological polar surface area (TPSA) is 93.5 Å². The second-order valence-electron chi connectivity index (χ2n) is 6.32. The maximum Gasteiger partial charge on any atom is 0.255 e. The van der Waals surface area contributed by atoms with E-state index in [4.69, 9.17) is 4.74 Å². The molecule has 0 atom stereocenters. The van der Waals surface area contributed by atoms with E-state index in [2.05, 4.69) is 10.4 Å². The van der Waals surface area contributed by atoms with Gasteiger partial charge in [-0.1, -0.05) is 0 Å². The largest absolute Gasteiger partial charge is 0.381 e. The van der Waals surface area contributed by atoms with Gasteiger partial charge in [-0.3, -0.25) is 9.48 Å². The molecule has 26 heavy (non-hydrogen) atoms. The Balaban J connectivity index is 1.68. The van der Waals surface area contributed by atoms with E-state index in [-0.39, 0.29) is 16.8 Å². The predicted octanol–water partition coefficient (Wildman–Crippen LogP) is 1.74. The van der Waals surface area contributed by atoms with Crippen molar-refractivity contribution in [2.45, 2.75) is 23.8 Å². The lowest BCUT2D eigenvalue weighted by Crippen LogP contribution is -2.22. The fourth-order valence-corrected chi connectivity index (χ4v) is 3.65. The summed E-state index contributed by atoms with van der Waals surface area (Å²) in [4.78, 5) is 12.5. The predicted molar refractivity (Wildman–Crippen MR) is 96.6 cm³/mol. The van der Waals surface area contributed by atoms with Crippen LogP contribution in [0, 0.1) is 0 Å². The summed E-state index contributed by atoms with van der Waals surface area (Å²) in [6, 6.07) is 6.12. The number of nitrogens with zero attached hydrogens (tertiary/aromatic N) is 3. The highest BCUT2D eigenvalue weighted by atomic mass is 32.2. The lowest BCUT2D eigenvalue weighted by Gasteiger charge is -2.22. The van der Waals surface area contributed by atoms with Crippen LogP contribution < -0.4 is 5.32 Å². The molecular weight excluding hydrogens is 356 g/mol. The number of rotatable bonds is 5. The van der Waals surface area contributed by atoms with Crippen LogP contribution in [0.2, 0.25) is 0 Å². The van der Waals surface area contributed by atoms with Crippen LogP contribution in [-0.4, -0.2) is 55.7 Å². The number of benzene rings is 1. The van der Waals surface area contributed by atoms with Crippen molar-refractivity contribution in [2.24, 2.45) is 0 Å². The lowest BCUT2D eigenvalue weighted by molar-refractivity contribution is 0.0662. The number of anilines is 1. The molecule has 9 heteroatoms. The molecular formula is C17H22N4O4S. The van der Waals surface area contributed by atoms with E-state index in [1.165, 1.54) is 38.4 Å². The molecule has 0 saturated carbocycles. The smallest absolute Gasteiger partial charge is 0.255 e. The zero-order valence-corrected chi connectivity index (χ0v) is 15.6. The van der Waals surface area contributed by atoms with E-state index in [0.29, 0.717) is 24.5 Å². The first-order chi connectivity index (χ1) is 12.4. The van der Waals surface area contributed by atoms with Crippen molar-refractivity contribution in [3.05, 3.63) is 42.2 Å². The number of ether oxygens (including phenoxy) is 1. The molecule has 3 rings (SSSR count). The summed E-state index contributed by atoms with van der Waals surface area (Å²) in [5.74, 6) is -0.315. The molecule has 0 radical (unpaired) electrons. The van der Waals surface area contributed by atoms with Crippen LogP contribution in [0.1, 0.15) is 29.2 Å². The van der Waals surface area contributed by atoms with Gasteiger partial charge in [0.25, 0.3) is 5.91 Å². The number of carbonyl (C=O) groups excluding carboxylic acids is 1. The van der Waals surface area contributed by atoms with Gasteiger partial charge in [-0.2, -0.15) is 5.10 Å². The molecule has 0 bridgehead atoms. The first-order valence-electron chi connectivity index (χ1n) is 8.34. The summed E-state index contributed by atoms with van der Waals surface area (Å²) < 4.78 is 32.5. The van der Waals surface area contributed by atoms with Gasteiger partial charge < -0.3 is 10.1 Å². The van der Waals surface area contributed by atoms with E-state index in [9.17, 15) is 13.2 Å². The molecule has 140 valence electrons. The number of aromatic nitrogens is 2. The zero-order valence-electron chi connectivity index (χ0n) is 14.8. The quantitative estimate of drug-likeness (QED) is 0.855. The third-order valence-electron chi connectivity index (χ3n) is 4.32. The Morgan fingerprint density at radius 3 is 2.50 bits per heavy atom. The lowest BCUT2D eigenvalue weighted by atomic mass is 10.1. The minimum Gasteiger partial charge on any atom is -0.381 e. The van der Waals surface area contributed by atoms with Crippen LogP contribution in [0.3, 0.4) is 0 Å². The third kappa shape index (κ3) is 3.95. The molecule has 0 unspecified atom stereocenters. The number of amides is 1. The van der Waals surface area contributed by atoms with Crippen molar-refractivity contribution in [3.63, 3.8) is 0 Å². The second-order valence-corrected chi connectivity index (χ2v) is 8.47. The SMILES string of the molecule is CN(C)S(=O)(=O)c1ccc(C(=O)Nc2cnn(C3CCOCC3)c2)cc1. The van der Waals surface area contributed by atoms with Crippen LogP contribution in [0.15, 0.2) is 41.6 Å². The molecule has 0 spiro atoms. The fraction of sp³-hybridized carbons (Fsp3) is 0.412. The van der Waals surface area contributed by atoms with Gasteiger partial charge in [0, 0.05) is 39.1 Å². The van der Waals surface area contributed by atoms with Crippen molar-refractivity contribution in [1.82, 2.24) is 14.1 Å². The van der Waals surface area contributed by atoms with Crippen molar-refractivity contribution in [3.8, 4) is 0 Å². The molecule has 1 fully saturated rings. The van der Waals surface area contributed by atoms with Crippen molar-refractivity contribution in [1.29, 1.82) is 0 Å². The maximum atomic E-state index is 12.4. The van der Waals surface area contributed by atoms with Gasteiger partial charge in [0.2, 0.25) is 10.0 Å². The second kappa shape index (κ2) is 7.56. The number of sulfonamides is 1. The van der Waals surface area contributed by atoms with Crippen molar-refractivity contribution >= 4 is 21.6 Å². The molecule has 2 heterocycles. The Labute approximate surface area is 152 Å². The van der Waals surface area contributed by atoms with Crippen LogP contribution in [0.25, 0.3) is 0 Å². The number of nitrogens with one attached hydrogen (secondary N) is 1. The molecule has 2 aromatic rings. The van der Waals surface area contributed by atoms with Gasteiger partial charge in [-0.15, -0.1) is 0 Å². The molecule has 1 amide bonds. The standard InChI is InChI=1S/C17H22N4O4S/c1-20(2)26(23,24)16-5-3-13(4-6-16)17(22)19-14-11-18-21(12-14)15-7-9-25-10-8-15/h3-6,11-12,15H,7-10H2,1-2H3,(H,19,22). The molecule has 1 saturated heterocycles. The van der Waals surface area contributed by atoms with E-state index in [1.54, 1.807) is 12.4 Å². The zero-order chi connectivity index (χ0) is 18.7. The average molecular weight is 378 g/mol. The Bertz CT molecular complexity index is 868. The first kappa shape index (κ1) is 18.6. The monoisotopic (exact) mass is 378 g/mol. The molecule has 1 aromatic heterocycles. The van der Waals surface area contributed by atoms with Gasteiger partial charge >= 0.3 is 0 Å². The van der Waals surface area contributed by atoms with Gasteiger partial charge in [-0.05, 0) is 37.1 Å². The van der Waals surface area contributed by atoms with E-state index < -0.39 is 10.0 Å².